The second-order valence-electron chi connectivity index (χ2n) is 4.19. The number of thiazole rings is 1. The first-order valence-electron chi connectivity index (χ1n) is 5.45. The zero-order chi connectivity index (χ0) is 12.1. The summed E-state index contributed by atoms with van der Waals surface area (Å²) in [7, 11) is 0. The first-order chi connectivity index (χ1) is 7.50. The summed E-state index contributed by atoms with van der Waals surface area (Å²) in [6.07, 6.45) is 0. The van der Waals surface area contributed by atoms with Gasteiger partial charge in [0.05, 0.1) is 17.2 Å². The molecule has 4 nitrogen and oxygen atoms in total. The fourth-order valence-corrected chi connectivity index (χ4v) is 2.03. The summed E-state index contributed by atoms with van der Waals surface area (Å²) in [5.41, 5.74) is 2.78. The summed E-state index contributed by atoms with van der Waals surface area (Å²) in [6, 6.07) is 0.0598. The van der Waals surface area contributed by atoms with E-state index in [4.69, 9.17) is 0 Å². The number of amides is 1. The maximum Gasteiger partial charge on any atom is 0.237 e. The first-order valence-corrected chi connectivity index (χ1v) is 6.39. The summed E-state index contributed by atoms with van der Waals surface area (Å²) in [4.78, 5) is 15.9. The SMILES string of the molecule is CC(C)NC(=O)C(C)NC(C)c1cscn1. The number of aromatic nitrogens is 1. The highest BCUT2D eigenvalue weighted by molar-refractivity contribution is 7.07. The molecule has 1 amide bonds. The molecule has 0 aromatic carbocycles. The van der Waals surface area contributed by atoms with Crippen molar-refractivity contribution in [2.45, 2.75) is 45.8 Å². The minimum absolute atomic E-state index is 0.0251. The van der Waals surface area contributed by atoms with Crippen LogP contribution >= 0.6 is 11.3 Å². The second kappa shape index (κ2) is 5.96. The van der Waals surface area contributed by atoms with Crippen molar-refractivity contribution < 1.29 is 4.79 Å². The summed E-state index contributed by atoms with van der Waals surface area (Å²) in [6.45, 7) is 7.78. The number of nitrogens with one attached hydrogen (secondary N) is 2. The Morgan fingerprint density at radius 3 is 2.56 bits per heavy atom. The average molecular weight is 241 g/mol. The van der Waals surface area contributed by atoms with Gasteiger partial charge in [-0.05, 0) is 27.7 Å². The molecule has 1 heterocycles. The summed E-state index contributed by atoms with van der Waals surface area (Å²) < 4.78 is 0. The Kier molecular flexibility index (Phi) is 4.89. The predicted molar refractivity (Wildman–Crippen MR) is 66.4 cm³/mol. The molecule has 0 aliphatic heterocycles. The van der Waals surface area contributed by atoms with E-state index in [0.717, 1.165) is 5.69 Å². The molecule has 0 aliphatic rings. The summed E-state index contributed by atoms with van der Waals surface area (Å²) >= 11 is 1.56. The molecule has 5 heteroatoms. The lowest BCUT2D eigenvalue weighted by molar-refractivity contribution is -0.123. The lowest BCUT2D eigenvalue weighted by Crippen LogP contribution is -2.45. The minimum Gasteiger partial charge on any atom is -0.353 e. The number of rotatable bonds is 5. The number of carbonyl (C=O) groups is 1. The van der Waals surface area contributed by atoms with Gasteiger partial charge >= 0.3 is 0 Å². The maximum atomic E-state index is 11.7. The van der Waals surface area contributed by atoms with Gasteiger partial charge in [-0.25, -0.2) is 4.98 Å². The quantitative estimate of drug-likeness (QED) is 0.825. The fraction of sp³-hybridized carbons (Fsp3) is 0.636. The van der Waals surface area contributed by atoms with E-state index in [1.54, 1.807) is 16.8 Å². The molecule has 0 aliphatic carbocycles. The number of carbonyl (C=O) groups excluding carboxylic acids is 1. The van der Waals surface area contributed by atoms with Crippen LogP contribution in [0, 0.1) is 0 Å². The van der Waals surface area contributed by atoms with E-state index in [0.29, 0.717) is 0 Å². The highest BCUT2D eigenvalue weighted by atomic mass is 32.1. The van der Waals surface area contributed by atoms with Gasteiger partial charge in [0, 0.05) is 17.5 Å². The van der Waals surface area contributed by atoms with Crippen LogP contribution < -0.4 is 10.6 Å². The average Bonchev–Trinajstić information content (AvgIpc) is 2.68. The van der Waals surface area contributed by atoms with Crippen molar-refractivity contribution in [1.29, 1.82) is 0 Å². The van der Waals surface area contributed by atoms with Gasteiger partial charge in [-0.2, -0.15) is 0 Å². The number of hydrogen-bond donors (Lipinski definition) is 2. The van der Waals surface area contributed by atoms with Gasteiger partial charge in [0.2, 0.25) is 5.91 Å². The van der Waals surface area contributed by atoms with Crippen LogP contribution in [0.25, 0.3) is 0 Å². The van der Waals surface area contributed by atoms with Crippen molar-refractivity contribution in [3.63, 3.8) is 0 Å². The molecule has 1 aromatic heterocycles. The van der Waals surface area contributed by atoms with Crippen molar-refractivity contribution in [2.24, 2.45) is 0 Å². The number of hydrogen-bond acceptors (Lipinski definition) is 4. The molecule has 90 valence electrons. The minimum atomic E-state index is -0.209. The van der Waals surface area contributed by atoms with E-state index in [9.17, 15) is 4.79 Å². The van der Waals surface area contributed by atoms with E-state index in [-0.39, 0.29) is 24.0 Å². The first kappa shape index (κ1) is 13.1. The second-order valence-corrected chi connectivity index (χ2v) is 4.91. The molecular formula is C11H19N3OS. The third-order valence-corrected chi connectivity index (χ3v) is 2.82. The van der Waals surface area contributed by atoms with Gasteiger partial charge in [-0.3, -0.25) is 10.1 Å². The van der Waals surface area contributed by atoms with Crippen LogP contribution in [0.5, 0.6) is 0 Å². The van der Waals surface area contributed by atoms with E-state index in [1.807, 2.05) is 33.1 Å². The monoisotopic (exact) mass is 241 g/mol. The van der Waals surface area contributed by atoms with Crippen molar-refractivity contribution in [3.05, 3.63) is 16.6 Å². The zero-order valence-corrected chi connectivity index (χ0v) is 11.0. The van der Waals surface area contributed by atoms with Crippen LogP contribution in [0.2, 0.25) is 0 Å². The summed E-state index contributed by atoms with van der Waals surface area (Å²) in [5.74, 6) is 0.0251. The Labute approximate surface area is 100 Å². The molecule has 0 radical (unpaired) electrons. The molecule has 0 fully saturated rings. The van der Waals surface area contributed by atoms with Crippen LogP contribution in [-0.4, -0.2) is 23.0 Å². The maximum absolute atomic E-state index is 11.7. The topological polar surface area (TPSA) is 54.0 Å². The normalized spacial score (nSPS) is 14.8. The molecule has 2 N–H and O–H groups in total. The molecule has 1 rings (SSSR count). The molecule has 2 unspecified atom stereocenters. The Morgan fingerprint density at radius 2 is 2.06 bits per heavy atom. The third-order valence-electron chi connectivity index (χ3n) is 2.22. The molecule has 0 saturated carbocycles. The van der Waals surface area contributed by atoms with E-state index < -0.39 is 0 Å². The van der Waals surface area contributed by atoms with Crippen molar-refractivity contribution in [2.75, 3.05) is 0 Å². The smallest absolute Gasteiger partial charge is 0.237 e. The van der Waals surface area contributed by atoms with Crippen molar-refractivity contribution >= 4 is 17.2 Å². The third kappa shape index (κ3) is 3.90. The van der Waals surface area contributed by atoms with Crippen LogP contribution in [0.4, 0.5) is 0 Å². The standard InChI is InChI=1S/C11H19N3OS/c1-7(2)13-11(15)9(4)14-8(3)10-5-16-6-12-10/h5-9,14H,1-4H3,(H,13,15). The molecule has 1 aromatic rings. The Morgan fingerprint density at radius 1 is 1.38 bits per heavy atom. The van der Waals surface area contributed by atoms with E-state index >= 15 is 0 Å². The van der Waals surface area contributed by atoms with Crippen LogP contribution in [-0.2, 0) is 4.79 Å². The van der Waals surface area contributed by atoms with Crippen LogP contribution in [0.1, 0.15) is 39.4 Å². The molecule has 0 saturated heterocycles. The molecule has 16 heavy (non-hydrogen) atoms. The highest BCUT2D eigenvalue weighted by Crippen LogP contribution is 2.12. The van der Waals surface area contributed by atoms with Gasteiger partial charge in [0.25, 0.3) is 0 Å². The van der Waals surface area contributed by atoms with Crippen LogP contribution in [0.15, 0.2) is 10.9 Å². The van der Waals surface area contributed by atoms with Gasteiger partial charge in [0.15, 0.2) is 0 Å². The van der Waals surface area contributed by atoms with E-state index in [1.165, 1.54) is 0 Å². The molecular weight excluding hydrogens is 222 g/mol. The fourth-order valence-electron chi connectivity index (χ4n) is 1.38. The Bertz CT molecular complexity index is 324. The van der Waals surface area contributed by atoms with Gasteiger partial charge < -0.3 is 5.32 Å². The Hall–Kier alpha value is -0.940. The van der Waals surface area contributed by atoms with Crippen molar-refractivity contribution in [1.82, 2.24) is 15.6 Å². The lowest BCUT2D eigenvalue weighted by Gasteiger charge is -2.19. The summed E-state index contributed by atoms with van der Waals surface area (Å²) in [5, 5.41) is 8.08. The molecule has 2 atom stereocenters. The largest absolute Gasteiger partial charge is 0.353 e. The molecule has 0 bridgehead atoms. The van der Waals surface area contributed by atoms with Crippen molar-refractivity contribution in [3.8, 4) is 0 Å². The number of nitrogens with zero attached hydrogens (tertiary/aromatic N) is 1. The lowest BCUT2D eigenvalue weighted by atomic mass is 10.2. The predicted octanol–water partition coefficient (Wildman–Crippen LogP) is 1.71. The highest BCUT2D eigenvalue weighted by Gasteiger charge is 2.17. The van der Waals surface area contributed by atoms with Gasteiger partial charge in [-0.1, -0.05) is 0 Å². The van der Waals surface area contributed by atoms with Gasteiger partial charge in [0.1, 0.15) is 0 Å². The Balaban J connectivity index is 2.45. The van der Waals surface area contributed by atoms with Crippen LogP contribution in [0.3, 0.4) is 0 Å². The zero-order valence-electron chi connectivity index (χ0n) is 10.2. The molecule has 0 spiro atoms. The van der Waals surface area contributed by atoms with Gasteiger partial charge in [-0.15, -0.1) is 11.3 Å². The van der Waals surface area contributed by atoms with E-state index in [2.05, 4.69) is 15.6 Å².